The number of Topliss-reactive ketones (excluding diaryl/α,β-unsaturated/α-hetero) is 1. The second-order valence-electron chi connectivity index (χ2n) is 16.6. The largest absolute Gasteiger partial charge is 0.504 e. The summed E-state index contributed by atoms with van der Waals surface area (Å²) in [4.78, 5) is 40.8. The highest BCUT2D eigenvalue weighted by Crippen LogP contribution is 2.57. The third-order valence-electron chi connectivity index (χ3n) is 11.4. The first kappa shape index (κ1) is 56.0. The van der Waals surface area contributed by atoms with Crippen LogP contribution >= 0.6 is 0 Å². The van der Waals surface area contributed by atoms with Gasteiger partial charge in [0, 0.05) is 6.04 Å². The number of aliphatic hydroxyl groups excluding tert-OH is 1. The van der Waals surface area contributed by atoms with Crippen molar-refractivity contribution >= 4 is 17.7 Å². The number of hydrogen-bond acceptors (Lipinski definition) is 29. The molecule has 2 aliphatic heterocycles. The standard InChI is InChI=1S/C39H49N3O29/c1-14-7-6-8-15(2)26(14)70-36(61,62)19(44)13-31(52,33(53,54)20-21(45)23(47)25(49)24(48)22(20)46)18(43)12-17(11-16-9-4-3-5-10-16)40-28(50)32(29(71-32)69-27(34(55,56)57)35(58,59)60)42-30(51)41-38(65,66)37(63,64)39(42,67)68/h3-10,17-18,27,29,43,45-49,52-68H,11-13H2,1-2H3,(H,40,50)(H,41,51). The predicted octanol–water partition coefficient (Wildman–Crippen LogP) is -9.46. The molecule has 32 heteroatoms. The smallest absolute Gasteiger partial charge is 0.386 e. The lowest BCUT2D eigenvalue weighted by molar-refractivity contribution is -0.499. The molecule has 2 saturated heterocycles. The lowest BCUT2D eigenvalue weighted by Gasteiger charge is -2.52. The fraction of sp³-hybridized carbons (Fsp3) is 0.462. The third-order valence-corrected chi connectivity index (χ3v) is 11.4. The van der Waals surface area contributed by atoms with Crippen molar-refractivity contribution in [2.45, 2.75) is 110 Å². The number of carbonyl (C=O) groups excluding carboxylic acids is 3. The normalized spacial score (nSPS) is 21.7. The highest BCUT2D eigenvalue weighted by atomic mass is 16.8. The zero-order valence-corrected chi connectivity index (χ0v) is 36.2. The van der Waals surface area contributed by atoms with E-state index in [1.54, 1.807) is 0 Å². The summed E-state index contributed by atoms with van der Waals surface area (Å²) in [5.41, 5.74) is -9.98. The number of urea groups is 1. The number of nitrogens with one attached hydrogen (secondary N) is 2. The first-order chi connectivity index (χ1) is 32.1. The number of rotatable bonds is 19. The van der Waals surface area contributed by atoms with E-state index in [1.807, 2.05) is 5.32 Å². The molecule has 0 spiro atoms. The van der Waals surface area contributed by atoms with Crippen LogP contribution in [0.5, 0.6) is 34.5 Å². The summed E-state index contributed by atoms with van der Waals surface area (Å²) < 4.78 is 14.7. The number of nitrogens with zero attached hydrogens (tertiary/aromatic N) is 1. The maximum absolute atomic E-state index is 14.6. The summed E-state index contributed by atoms with van der Waals surface area (Å²) in [5.74, 6) is -46.6. The van der Waals surface area contributed by atoms with Crippen LogP contribution in [-0.4, -0.2) is 211 Å². The van der Waals surface area contributed by atoms with Gasteiger partial charge in [-0.15, -0.1) is 0 Å². The molecule has 71 heavy (non-hydrogen) atoms. The maximum Gasteiger partial charge on any atom is 0.386 e. The Morgan fingerprint density at radius 3 is 1.75 bits per heavy atom. The molecule has 2 heterocycles. The molecule has 2 fully saturated rings. The number of carbonyl (C=O) groups is 3. The van der Waals surface area contributed by atoms with Gasteiger partial charge in [-0.25, -0.2) is 9.69 Å². The lowest BCUT2D eigenvalue weighted by atomic mass is 9.75. The Bertz CT molecular complexity index is 2460. The van der Waals surface area contributed by atoms with Gasteiger partial charge in [0.2, 0.25) is 41.2 Å². The predicted molar refractivity (Wildman–Crippen MR) is 215 cm³/mol. The van der Waals surface area contributed by atoms with Crippen molar-refractivity contribution in [3.05, 3.63) is 70.8 Å². The third kappa shape index (κ3) is 9.76. The number of ether oxygens (including phenoxy) is 3. The number of ketones is 1. The topological polar surface area (TPSA) is 575 Å². The molecule has 25 N–H and O–H groups in total. The zero-order valence-electron chi connectivity index (χ0n) is 36.2. The molecule has 0 saturated carbocycles. The van der Waals surface area contributed by atoms with Gasteiger partial charge in [0.05, 0.1) is 12.5 Å². The van der Waals surface area contributed by atoms with Gasteiger partial charge >= 0.3 is 41.6 Å². The van der Waals surface area contributed by atoms with Gasteiger partial charge in [-0.05, 0) is 43.4 Å². The number of aliphatic hydroxyl groups is 18. The SMILES string of the molecule is Cc1cccc(C)c1OC(O)(O)C(=O)CC(O)(C(O)CC(Cc1ccccc1)NC(=O)C1(N2C(=O)NC(O)(O)C(O)(O)C2(O)O)OC1OC(C(O)(O)O)C(O)(O)O)C(O)(O)c1c(O)c(O)c(O)c(O)c1O. The first-order valence-corrected chi connectivity index (χ1v) is 19.9. The van der Waals surface area contributed by atoms with Crippen molar-refractivity contribution in [3.63, 3.8) is 0 Å². The maximum atomic E-state index is 14.6. The van der Waals surface area contributed by atoms with Gasteiger partial charge in [-0.2, -0.15) is 0 Å². The van der Waals surface area contributed by atoms with Crippen molar-refractivity contribution in [2.75, 3.05) is 0 Å². The van der Waals surface area contributed by atoms with Gasteiger partial charge in [-0.1, -0.05) is 48.5 Å². The number of para-hydroxylation sites is 1. The number of aromatic hydroxyl groups is 5. The molecule has 0 bridgehead atoms. The van der Waals surface area contributed by atoms with E-state index in [9.17, 15) is 132 Å². The molecule has 5 unspecified atom stereocenters. The average molecular weight is 1020 g/mol. The molecular formula is C39H49N3O29. The van der Waals surface area contributed by atoms with E-state index >= 15 is 0 Å². The van der Waals surface area contributed by atoms with Crippen molar-refractivity contribution in [2.24, 2.45) is 0 Å². The van der Waals surface area contributed by atoms with E-state index in [0.717, 1.165) is 5.32 Å². The van der Waals surface area contributed by atoms with Crippen molar-refractivity contribution in [3.8, 4) is 34.5 Å². The number of amides is 3. The van der Waals surface area contributed by atoms with E-state index in [2.05, 4.69) is 4.74 Å². The number of phenolic OH excluding ortho intramolecular Hbond substituents is 5. The fourth-order valence-corrected chi connectivity index (χ4v) is 7.51. The van der Waals surface area contributed by atoms with E-state index in [0.29, 0.717) is 0 Å². The highest BCUT2D eigenvalue weighted by molar-refractivity contribution is 5.93. The van der Waals surface area contributed by atoms with Gasteiger partial charge in [-0.3, -0.25) is 14.9 Å². The van der Waals surface area contributed by atoms with E-state index in [1.165, 1.54) is 62.4 Å². The molecule has 3 aromatic rings. The van der Waals surface area contributed by atoms with E-state index in [-0.39, 0.29) is 22.4 Å². The molecule has 5 rings (SSSR count). The molecule has 3 amide bonds. The minimum atomic E-state index is -4.96. The van der Waals surface area contributed by atoms with Crippen LogP contribution in [0.4, 0.5) is 4.79 Å². The van der Waals surface area contributed by atoms with Crippen LogP contribution in [0.2, 0.25) is 0 Å². The molecule has 32 nitrogen and oxygen atoms in total. The van der Waals surface area contributed by atoms with Crippen molar-refractivity contribution < 1.29 is 146 Å². The zero-order chi connectivity index (χ0) is 54.2. The van der Waals surface area contributed by atoms with Crippen LogP contribution in [0.1, 0.15) is 35.1 Å². The van der Waals surface area contributed by atoms with Crippen LogP contribution < -0.4 is 15.4 Å². The number of epoxide rings is 1. The summed E-state index contributed by atoms with van der Waals surface area (Å²) in [6.45, 7) is 2.73. The molecule has 0 radical (unpaired) electrons. The Kier molecular flexibility index (Phi) is 14.4. The molecule has 0 aromatic heterocycles. The number of aryl methyl sites for hydroxylation is 2. The van der Waals surface area contributed by atoms with Crippen molar-refractivity contribution in [1.82, 2.24) is 15.5 Å². The monoisotopic (exact) mass is 1020 g/mol. The van der Waals surface area contributed by atoms with Crippen LogP contribution in [-0.2, 0) is 31.3 Å². The van der Waals surface area contributed by atoms with Gasteiger partial charge in [0.15, 0.2) is 17.1 Å². The first-order valence-electron chi connectivity index (χ1n) is 19.9. The number of benzene rings is 3. The fourth-order valence-electron chi connectivity index (χ4n) is 7.51. The van der Waals surface area contributed by atoms with Gasteiger partial charge in [0.25, 0.3) is 11.6 Å². The molecule has 0 aliphatic carbocycles. The molecular weight excluding hydrogens is 974 g/mol. The minimum absolute atomic E-state index is 0.0404. The summed E-state index contributed by atoms with van der Waals surface area (Å²) in [6, 6.07) is 6.30. The Balaban J connectivity index is 1.68. The lowest BCUT2D eigenvalue weighted by Crippen LogP contribution is -2.87. The minimum Gasteiger partial charge on any atom is -0.504 e. The van der Waals surface area contributed by atoms with E-state index < -0.39 is 153 Å². The average Bonchev–Trinajstić information content (AvgIpc) is 3.95. The Morgan fingerprint density at radius 1 is 0.761 bits per heavy atom. The summed E-state index contributed by atoms with van der Waals surface area (Å²) >= 11 is 0. The quantitative estimate of drug-likeness (QED) is 0.0229. The molecule has 394 valence electrons. The van der Waals surface area contributed by atoms with Gasteiger partial charge in [0.1, 0.15) is 11.3 Å². The molecule has 3 aromatic carbocycles. The second-order valence-corrected chi connectivity index (χ2v) is 16.6. The van der Waals surface area contributed by atoms with Crippen molar-refractivity contribution in [1.29, 1.82) is 0 Å². The van der Waals surface area contributed by atoms with Crippen LogP contribution in [0.25, 0.3) is 0 Å². The highest BCUT2D eigenvalue weighted by Gasteiger charge is 2.83. The Morgan fingerprint density at radius 2 is 1.25 bits per heavy atom. The van der Waals surface area contributed by atoms with Crippen LogP contribution in [0.15, 0.2) is 48.5 Å². The van der Waals surface area contributed by atoms with Crippen LogP contribution in [0.3, 0.4) is 0 Å². The summed E-state index contributed by atoms with van der Waals surface area (Å²) in [6.07, 6.45) is -14.5. The number of hydrogen-bond donors (Lipinski definition) is 25. The molecule has 5 atom stereocenters. The van der Waals surface area contributed by atoms with Gasteiger partial charge < -0.3 is 137 Å². The number of phenols is 5. The summed E-state index contributed by atoms with van der Waals surface area (Å²) in [7, 11) is 0. The Labute approximate surface area is 394 Å². The second kappa shape index (κ2) is 18.3. The molecule has 2 aliphatic rings. The summed E-state index contributed by atoms with van der Waals surface area (Å²) in [5, 5.41) is 246. The Hall–Kier alpha value is -5.93. The van der Waals surface area contributed by atoms with Crippen LogP contribution in [0, 0.1) is 13.8 Å². The van der Waals surface area contributed by atoms with E-state index in [4.69, 9.17) is 9.47 Å².